The van der Waals surface area contributed by atoms with Crippen molar-refractivity contribution in [3.63, 3.8) is 0 Å². The minimum absolute atomic E-state index is 0.240. The summed E-state index contributed by atoms with van der Waals surface area (Å²) in [6.45, 7) is 1.92. The van der Waals surface area contributed by atoms with Gasteiger partial charge in [-0.3, -0.25) is 0 Å². The van der Waals surface area contributed by atoms with E-state index in [1.807, 2.05) is 19.2 Å². The van der Waals surface area contributed by atoms with Crippen LogP contribution in [0.25, 0.3) is 22.3 Å². The summed E-state index contributed by atoms with van der Waals surface area (Å²) in [5.41, 5.74) is 2.29. The molecule has 0 spiro atoms. The molecular formula is C20H16ClN3O2S2. The van der Waals surface area contributed by atoms with Crippen LogP contribution in [0.3, 0.4) is 0 Å². The summed E-state index contributed by atoms with van der Waals surface area (Å²) in [4.78, 5) is 9.08. The Labute approximate surface area is 172 Å². The topological polar surface area (TPSA) is 64.8 Å². The third-order valence-electron chi connectivity index (χ3n) is 4.40. The molecule has 5 nitrogen and oxygen atoms in total. The number of hydrogen-bond acceptors (Lipinski definition) is 5. The molecule has 0 bridgehead atoms. The van der Waals surface area contributed by atoms with Gasteiger partial charge < -0.3 is 0 Å². The zero-order valence-corrected chi connectivity index (χ0v) is 17.5. The molecular weight excluding hydrogens is 414 g/mol. The fourth-order valence-corrected chi connectivity index (χ4v) is 5.00. The molecule has 0 aliphatic rings. The molecule has 4 aromatic rings. The van der Waals surface area contributed by atoms with E-state index < -0.39 is 10.0 Å². The van der Waals surface area contributed by atoms with Crippen molar-refractivity contribution in [1.29, 1.82) is 0 Å². The van der Waals surface area contributed by atoms with E-state index in [-0.39, 0.29) is 4.90 Å². The lowest BCUT2D eigenvalue weighted by molar-refractivity contribution is 0.589. The molecule has 0 amide bonds. The third kappa shape index (κ3) is 3.30. The number of aryl methyl sites for hydroxylation is 1. The van der Waals surface area contributed by atoms with Gasteiger partial charge in [0, 0.05) is 23.2 Å². The van der Waals surface area contributed by atoms with Gasteiger partial charge in [-0.1, -0.05) is 41.4 Å². The number of halogens is 1. The Hall–Kier alpha value is -2.35. The third-order valence-corrected chi connectivity index (χ3v) is 6.92. The Morgan fingerprint density at radius 2 is 1.79 bits per heavy atom. The maximum Gasteiger partial charge on any atom is 0.268 e. The molecule has 0 N–H and O–H groups in total. The van der Waals surface area contributed by atoms with Crippen LogP contribution in [0, 0.1) is 6.92 Å². The highest BCUT2D eigenvalue weighted by atomic mass is 35.5. The summed E-state index contributed by atoms with van der Waals surface area (Å²) in [5.74, 6) is 0.466. The minimum Gasteiger partial charge on any atom is -0.241 e. The van der Waals surface area contributed by atoms with Crippen molar-refractivity contribution in [2.75, 3.05) is 6.26 Å². The zero-order valence-electron chi connectivity index (χ0n) is 15.1. The minimum atomic E-state index is -3.71. The molecule has 0 unspecified atom stereocenters. The van der Waals surface area contributed by atoms with Crippen LogP contribution in [0.2, 0.25) is 5.15 Å². The second kappa shape index (κ2) is 7.24. The van der Waals surface area contributed by atoms with Gasteiger partial charge in [0.25, 0.3) is 10.0 Å². The van der Waals surface area contributed by atoms with Crippen LogP contribution in [0.4, 0.5) is 0 Å². The lowest BCUT2D eigenvalue weighted by Crippen LogP contribution is -2.11. The largest absolute Gasteiger partial charge is 0.268 e. The van der Waals surface area contributed by atoms with Gasteiger partial charge in [0.15, 0.2) is 5.82 Å². The molecule has 2 heterocycles. The van der Waals surface area contributed by atoms with Gasteiger partial charge in [-0.25, -0.2) is 22.4 Å². The number of aromatic nitrogens is 3. The first-order valence-electron chi connectivity index (χ1n) is 8.41. The molecule has 2 aromatic heterocycles. The summed E-state index contributed by atoms with van der Waals surface area (Å²) in [6, 6.07) is 15.7. The van der Waals surface area contributed by atoms with Gasteiger partial charge in [0.05, 0.1) is 10.4 Å². The van der Waals surface area contributed by atoms with Crippen molar-refractivity contribution in [1.82, 2.24) is 13.9 Å². The normalized spacial score (nSPS) is 11.8. The van der Waals surface area contributed by atoms with E-state index in [0.29, 0.717) is 16.5 Å². The molecule has 142 valence electrons. The van der Waals surface area contributed by atoms with Crippen LogP contribution in [-0.4, -0.2) is 28.6 Å². The highest BCUT2D eigenvalue weighted by Crippen LogP contribution is 2.31. The van der Waals surface area contributed by atoms with Crippen molar-refractivity contribution in [3.05, 3.63) is 71.5 Å². The highest BCUT2D eigenvalue weighted by molar-refractivity contribution is 7.98. The molecule has 28 heavy (non-hydrogen) atoms. The molecule has 0 aliphatic heterocycles. The first-order chi connectivity index (χ1) is 13.4. The number of fused-ring (bicyclic) bond motifs is 1. The quantitative estimate of drug-likeness (QED) is 0.336. The number of benzene rings is 2. The predicted molar refractivity (Wildman–Crippen MR) is 114 cm³/mol. The average molecular weight is 430 g/mol. The van der Waals surface area contributed by atoms with Crippen LogP contribution < -0.4 is 0 Å². The molecule has 0 aliphatic carbocycles. The van der Waals surface area contributed by atoms with Crippen molar-refractivity contribution < 1.29 is 8.42 Å². The average Bonchev–Trinajstić information content (AvgIpc) is 3.12. The van der Waals surface area contributed by atoms with Crippen LogP contribution in [0.5, 0.6) is 0 Å². The number of thioether (sulfide) groups is 1. The second-order valence-corrected chi connectivity index (χ2v) is 9.25. The van der Waals surface area contributed by atoms with Gasteiger partial charge in [-0.05, 0) is 37.4 Å². The predicted octanol–water partition coefficient (Wildman–Crippen LogP) is 5.02. The fraction of sp³-hybridized carbons (Fsp3) is 0.100. The van der Waals surface area contributed by atoms with Crippen LogP contribution in [-0.2, 0) is 10.0 Å². The van der Waals surface area contributed by atoms with E-state index in [9.17, 15) is 8.42 Å². The monoisotopic (exact) mass is 429 g/mol. The summed E-state index contributed by atoms with van der Waals surface area (Å²) >= 11 is 7.60. The Morgan fingerprint density at radius 1 is 1.04 bits per heavy atom. The fourth-order valence-electron chi connectivity index (χ4n) is 2.99. The number of rotatable bonds is 4. The van der Waals surface area contributed by atoms with Gasteiger partial charge in [0.1, 0.15) is 10.2 Å². The summed E-state index contributed by atoms with van der Waals surface area (Å²) in [5, 5.41) is 1.84. The maximum absolute atomic E-state index is 13.1. The van der Waals surface area contributed by atoms with E-state index >= 15 is 0 Å². The molecule has 8 heteroatoms. The van der Waals surface area contributed by atoms with Gasteiger partial charge >= 0.3 is 0 Å². The van der Waals surface area contributed by atoms with Crippen molar-refractivity contribution >= 4 is 44.3 Å². The number of hydrogen-bond donors (Lipinski definition) is 0. The van der Waals surface area contributed by atoms with Gasteiger partial charge in [0.2, 0.25) is 0 Å². The molecule has 0 saturated heterocycles. The highest BCUT2D eigenvalue weighted by Gasteiger charge is 2.20. The zero-order chi connectivity index (χ0) is 19.9. The lowest BCUT2D eigenvalue weighted by Gasteiger charge is -2.09. The second-order valence-electron chi connectivity index (χ2n) is 6.22. The Balaban J connectivity index is 1.90. The van der Waals surface area contributed by atoms with E-state index in [4.69, 9.17) is 11.6 Å². The first-order valence-corrected chi connectivity index (χ1v) is 11.5. The van der Waals surface area contributed by atoms with Crippen molar-refractivity contribution in [3.8, 4) is 11.4 Å². The molecule has 4 rings (SSSR count). The van der Waals surface area contributed by atoms with E-state index in [1.54, 1.807) is 54.7 Å². The Bertz CT molecular complexity index is 1280. The van der Waals surface area contributed by atoms with Crippen LogP contribution in [0.1, 0.15) is 5.56 Å². The van der Waals surface area contributed by atoms with E-state index in [1.165, 1.54) is 15.7 Å². The smallest absolute Gasteiger partial charge is 0.241 e. The molecule has 2 aromatic carbocycles. The summed E-state index contributed by atoms with van der Waals surface area (Å²) < 4.78 is 27.5. The molecule has 0 radical (unpaired) electrons. The Morgan fingerprint density at radius 3 is 2.50 bits per heavy atom. The van der Waals surface area contributed by atoms with Gasteiger partial charge in [-0.2, -0.15) is 0 Å². The summed E-state index contributed by atoms with van der Waals surface area (Å²) in [6.07, 6.45) is 3.47. The van der Waals surface area contributed by atoms with E-state index in [0.717, 1.165) is 21.5 Å². The van der Waals surface area contributed by atoms with Crippen LogP contribution in [0.15, 0.2) is 70.7 Å². The molecule has 0 fully saturated rings. The molecule has 0 atom stereocenters. The van der Waals surface area contributed by atoms with Crippen molar-refractivity contribution in [2.45, 2.75) is 16.8 Å². The van der Waals surface area contributed by atoms with Gasteiger partial charge in [-0.15, -0.1) is 11.8 Å². The lowest BCUT2D eigenvalue weighted by atomic mass is 10.1. The molecule has 0 saturated carbocycles. The first kappa shape index (κ1) is 19.0. The van der Waals surface area contributed by atoms with Crippen LogP contribution >= 0.6 is 23.4 Å². The Kier molecular flexibility index (Phi) is 4.91. The number of nitrogens with zero attached hydrogens (tertiary/aromatic N) is 3. The maximum atomic E-state index is 13.1. The standard InChI is InChI=1S/C20H16ClN3O2S2/c1-13-6-8-14(9-7-13)28(25,26)24-11-10-15-16(4-3-5-17(15)24)20-22-18(21)12-19(23-20)27-2/h3-12H,1-2H3. The summed E-state index contributed by atoms with van der Waals surface area (Å²) in [7, 11) is -3.71. The van der Waals surface area contributed by atoms with E-state index in [2.05, 4.69) is 9.97 Å². The van der Waals surface area contributed by atoms with Crippen molar-refractivity contribution in [2.24, 2.45) is 0 Å². The SMILES string of the molecule is CSc1cc(Cl)nc(-c2cccc3c2ccn3S(=O)(=O)c2ccc(C)cc2)n1.